The molecule has 0 unspecified atom stereocenters. The molecule has 0 saturated heterocycles. The molecule has 0 atom stereocenters. The molecule has 0 saturated carbocycles. The van der Waals surface area contributed by atoms with Crippen molar-refractivity contribution >= 4 is 15.9 Å². The molecule has 3 heteroatoms. The second kappa shape index (κ2) is 8.61. The van der Waals surface area contributed by atoms with E-state index in [1.807, 2.05) is 6.20 Å². The van der Waals surface area contributed by atoms with Crippen LogP contribution in [-0.2, 0) is 0 Å². The van der Waals surface area contributed by atoms with Crippen molar-refractivity contribution in [3.63, 3.8) is 0 Å². The van der Waals surface area contributed by atoms with Crippen LogP contribution in [0.4, 0.5) is 0 Å². The highest BCUT2D eigenvalue weighted by molar-refractivity contribution is 9.10. The average Bonchev–Trinajstić information content (AvgIpc) is 3.23. The summed E-state index contributed by atoms with van der Waals surface area (Å²) in [6.07, 6.45) is 3.99. The summed E-state index contributed by atoms with van der Waals surface area (Å²) >= 11 is 3.54. The molecule has 0 aliphatic rings. The highest BCUT2D eigenvalue weighted by Crippen LogP contribution is 2.37. The van der Waals surface area contributed by atoms with E-state index in [4.69, 9.17) is 4.98 Å². The normalized spacial score (nSPS) is 11.4. The van der Waals surface area contributed by atoms with Crippen LogP contribution in [0.15, 0.2) is 83.6 Å². The predicted octanol–water partition coefficient (Wildman–Crippen LogP) is 8.22. The van der Waals surface area contributed by atoms with Gasteiger partial charge in [-0.25, -0.2) is 4.98 Å². The van der Waals surface area contributed by atoms with Crippen molar-refractivity contribution in [2.24, 2.45) is 0 Å². The highest BCUT2D eigenvalue weighted by atomic mass is 79.9. The molecule has 0 amide bonds. The van der Waals surface area contributed by atoms with Crippen LogP contribution >= 0.6 is 15.9 Å². The third-order valence-electron chi connectivity index (χ3n) is 5.50. The van der Waals surface area contributed by atoms with E-state index in [1.165, 1.54) is 27.9 Å². The number of halogens is 1. The first-order chi connectivity index (χ1) is 14.5. The van der Waals surface area contributed by atoms with Gasteiger partial charge in [0.25, 0.3) is 0 Å². The zero-order chi connectivity index (χ0) is 21.3. The number of aromatic nitrogens is 2. The van der Waals surface area contributed by atoms with Gasteiger partial charge in [-0.1, -0.05) is 86.1 Å². The fourth-order valence-electron chi connectivity index (χ4n) is 3.93. The maximum Gasteiger partial charge on any atom is 0.144 e. The molecule has 0 radical (unpaired) electrons. The lowest BCUT2D eigenvalue weighted by molar-refractivity contribution is 0.807. The van der Waals surface area contributed by atoms with Gasteiger partial charge in [-0.2, -0.15) is 0 Å². The standard InChI is InChI=1S/C27H27BrN2/c1-18(2)24-16-22(20-8-6-5-7-9-20)17-25(19(3)4)26(24)30-15-14-29-27(30)21-10-12-23(28)13-11-21/h5-19H,1-4H3. The lowest BCUT2D eigenvalue weighted by atomic mass is 9.88. The van der Waals surface area contributed by atoms with E-state index in [-0.39, 0.29) is 0 Å². The molecule has 0 fully saturated rings. The van der Waals surface area contributed by atoms with Crippen LogP contribution in [0.25, 0.3) is 28.2 Å². The summed E-state index contributed by atoms with van der Waals surface area (Å²) in [5.41, 5.74) is 7.59. The van der Waals surface area contributed by atoms with Gasteiger partial charge in [0.05, 0.1) is 5.69 Å². The molecular formula is C27H27BrN2. The van der Waals surface area contributed by atoms with Crippen molar-refractivity contribution in [3.05, 3.63) is 94.7 Å². The molecule has 4 rings (SSSR count). The Bertz CT molecular complexity index is 1110. The quantitative estimate of drug-likeness (QED) is 0.294. The maximum absolute atomic E-state index is 4.72. The molecular weight excluding hydrogens is 432 g/mol. The van der Waals surface area contributed by atoms with Crippen molar-refractivity contribution in [1.29, 1.82) is 0 Å². The summed E-state index contributed by atoms with van der Waals surface area (Å²) in [6.45, 7) is 9.09. The Balaban J connectivity index is 1.97. The topological polar surface area (TPSA) is 17.8 Å². The van der Waals surface area contributed by atoms with Gasteiger partial charge in [-0.3, -0.25) is 4.57 Å². The number of hydrogen-bond donors (Lipinski definition) is 0. The maximum atomic E-state index is 4.72. The smallest absolute Gasteiger partial charge is 0.144 e. The summed E-state index contributed by atoms with van der Waals surface area (Å²) in [6, 6.07) is 23.7. The van der Waals surface area contributed by atoms with Crippen molar-refractivity contribution < 1.29 is 0 Å². The number of imidazole rings is 1. The first-order valence-corrected chi connectivity index (χ1v) is 11.3. The third kappa shape index (κ3) is 3.99. The zero-order valence-corrected chi connectivity index (χ0v) is 19.5. The van der Waals surface area contributed by atoms with Gasteiger partial charge in [-0.15, -0.1) is 0 Å². The largest absolute Gasteiger partial charge is 0.299 e. The molecule has 4 aromatic rings. The van der Waals surface area contributed by atoms with Crippen LogP contribution in [-0.4, -0.2) is 9.55 Å². The molecule has 152 valence electrons. The summed E-state index contributed by atoms with van der Waals surface area (Å²) in [7, 11) is 0. The fraction of sp³-hybridized carbons (Fsp3) is 0.222. The minimum Gasteiger partial charge on any atom is -0.299 e. The second-order valence-corrected chi connectivity index (χ2v) is 9.22. The Morgan fingerprint density at radius 3 is 1.90 bits per heavy atom. The van der Waals surface area contributed by atoms with E-state index < -0.39 is 0 Å². The molecule has 0 bridgehead atoms. The van der Waals surface area contributed by atoms with E-state index >= 15 is 0 Å². The van der Waals surface area contributed by atoms with Gasteiger partial charge in [0, 0.05) is 22.4 Å². The first kappa shape index (κ1) is 20.6. The van der Waals surface area contributed by atoms with Gasteiger partial charge in [0.2, 0.25) is 0 Å². The van der Waals surface area contributed by atoms with Crippen LogP contribution < -0.4 is 0 Å². The molecule has 0 N–H and O–H groups in total. The van der Waals surface area contributed by atoms with Gasteiger partial charge in [0.15, 0.2) is 0 Å². The Labute approximate surface area is 187 Å². The molecule has 2 nitrogen and oxygen atoms in total. The summed E-state index contributed by atoms with van der Waals surface area (Å²) in [5, 5.41) is 0. The van der Waals surface area contributed by atoms with Crippen molar-refractivity contribution in [1.82, 2.24) is 9.55 Å². The van der Waals surface area contributed by atoms with E-state index in [0.717, 1.165) is 15.9 Å². The zero-order valence-electron chi connectivity index (χ0n) is 17.9. The van der Waals surface area contributed by atoms with Crippen LogP contribution in [0.1, 0.15) is 50.7 Å². The molecule has 1 heterocycles. The van der Waals surface area contributed by atoms with Crippen LogP contribution in [0.2, 0.25) is 0 Å². The Hall–Kier alpha value is -2.65. The highest BCUT2D eigenvalue weighted by Gasteiger charge is 2.20. The average molecular weight is 459 g/mol. The van der Waals surface area contributed by atoms with Crippen LogP contribution in [0, 0.1) is 0 Å². The second-order valence-electron chi connectivity index (χ2n) is 8.31. The minimum absolute atomic E-state index is 0.390. The number of benzene rings is 3. The van der Waals surface area contributed by atoms with Gasteiger partial charge in [0.1, 0.15) is 5.82 Å². The van der Waals surface area contributed by atoms with Gasteiger partial charge < -0.3 is 0 Å². The van der Waals surface area contributed by atoms with Gasteiger partial charge in [-0.05, 0) is 58.4 Å². The number of rotatable bonds is 5. The Kier molecular flexibility index (Phi) is 5.92. The predicted molar refractivity (Wildman–Crippen MR) is 130 cm³/mol. The molecule has 0 aliphatic carbocycles. The van der Waals surface area contributed by atoms with Crippen LogP contribution in [0.5, 0.6) is 0 Å². The number of nitrogens with zero attached hydrogens (tertiary/aromatic N) is 2. The first-order valence-electron chi connectivity index (χ1n) is 10.5. The van der Waals surface area contributed by atoms with Gasteiger partial charge >= 0.3 is 0 Å². The van der Waals surface area contributed by atoms with E-state index in [9.17, 15) is 0 Å². The SMILES string of the molecule is CC(C)c1cc(-c2ccccc2)cc(C(C)C)c1-n1ccnc1-c1ccc(Br)cc1. The summed E-state index contributed by atoms with van der Waals surface area (Å²) in [4.78, 5) is 4.72. The summed E-state index contributed by atoms with van der Waals surface area (Å²) in [5.74, 6) is 1.75. The lowest BCUT2D eigenvalue weighted by Crippen LogP contribution is -2.08. The van der Waals surface area contributed by atoms with Crippen molar-refractivity contribution in [2.45, 2.75) is 39.5 Å². The van der Waals surface area contributed by atoms with E-state index in [2.05, 4.69) is 121 Å². The molecule has 0 aliphatic heterocycles. The summed E-state index contributed by atoms with van der Waals surface area (Å²) < 4.78 is 3.34. The minimum atomic E-state index is 0.390. The van der Waals surface area contributed by atoms with E-state index in [0.29, 0.717) is 11.8 Å². The van der Waals surface area contributed by atoms with Crippen LogP contribution in [0.3, 0.4) is 0 Å². The third-order valence-corrected chi connectivity index (χ3v) is 6.03. The molecule has 3 aromatic carbocycles. The van der Waals surface area contributed by atoms with E-state index in [1.54, 1.807) is 0 Å². The molecule has 0 spiro atoms. The number of hydrogen-bond acceptors (Lipinski definition) is 1. The lowest BCUT2D eigenvalue weighted by Gasteiger charge is -2.23. The molecule has 30 heavy (non-hydrogen) atoms. The molecule has 1 aromatic heterocycles. The Morgan fingerprint density at radius 2 is 1.33 bits per heavy atom. The fourth-order valence-corrected chi connectivity index (χ4v) is 4.20. The Morgan fingerprint density at radius 1 is 0.733 bits per heavy atom. The monoisotopic (exact) mass is 458 g/mol. The van der Waals surface area contributed by atoms with Crippen molar-refractivity contribution in [3.8, 4) is 28.2 Å². The van der Waals surface area contributed by atoms with Crippen molar-refractivity contribution in [2.75, 3.05) is 0 Å².